The Kier molecular flexibility index (Phi) is 4.91. The Hall–Kier alpha value is -0.970. The van der Waals surface area contributed by atoms with Gasteiger partial charge in [0, 0.05) is 17.2 Å². The fourth-order valence-electron chi connectivity index (χ4n) is 1.91. The first kappa shape index (κ1) is 14.4. The smallest absolute Gasteiger partial charge is 0.106 e. The maximum absolute atomic E-state index is 10.3. The third-order valence-corrected chi connectivity index (χ3v) is 4.21. The maximum atomic E-state index is 10.3. The first-order valence-corrected chi connectivity index (χ1v) is 7.57. The van der Waals surface area contributed by atoms with Crippen molar-refractivity contribution in [2.24, 2.45) is 0 Å². The normalized spacial score (nSPS) is 12.6. The molecule has 0 aliphatic heterocycles. The molecule has 0 saturated heterocycles. The summed E-state index contributed by atoms with van der Waals surface area (Å²) >= 11 is 7.69. The number of hydrogen-bond acceptors (Lipinski definition) is 3. The maximum Gasteiger partial charge on any atom is 0.106 e. The van der Waals surface area contributed by atoms with Gasteiger partial charge < -0.3 is 5.11 Å². The number of benzene rings is 1. The molecule has 0 spiro atoms. The van der Waals surface area contributed by atoms with E-state index in [9.17, 15) is 5.11 Å². The lowest BCUT2D eigenvalue weighted by Crippen LogP contribution is -2.10. The van der Waals surface area contributed by atoms with Crippen LogP contribution in [0.15, 0.2) is 35.4 Å². The summed E-state index contributed by atoms with van der Waals surface area (Å²) in [6.07, 6.45) is 0.974. The van der Waals surface area contributed by atoms with Gasteiger partial charge in [-0.25, -0.2) is 0 Å². The van der Waals surface area contributed by atoms with Gasteiger partial charge in [-0.2, -0.15) is 5.10 Å². The second-order valence-electron chi connectivity index (χ2n) is 4.34. The van der Waals surface area contributed by atoms with Crippen molar-refractivity contribution in [3.63, 3.8) is 0 Å². The van der Waals surface area contributed by atoms with E-state index in [4.69, 9.17) is 11.6 Å². The molecule has 3 nitrogen and oxygen atoms in total. The Bertz CT molecular complexity index is 556. The van der Waals surface area contributed by atoms with Gasteiger partial charge in [-0.05, 0) is 26.0 Å². The SMILES string of the molecule is CCn1ncc(Cl)c1C(O)CSc1cccc(C)c1. The summed E-state index contributed by atoms with van der Waals surface area (Å²) in [7, 11) is 0. The third-order valence-electron chi connectivity index (χ3n) is 2.85. The lowest BCUT2D eigenvalue weighted by Gasteiger charge is -2.13. The molecule has 0 aliphatic carbocycles. The van der Waals surface area contributed by atoms with Crippen LogP contribution in [0.25, 0.3) is 0 Å². The fourth-order valence-corrected chi connectivity index (χ4v) is 3.13. The number of aliphatic hydroxyl groups is 1. The highest BCUT2D eigenvalue weighted by Crippen LogP contribution is 2.29. The van der Waals surface area contributed by atoms with E-state index in [-0.39, 0.29) is 0 Å². The molecule has 0 fully saturated rings. The van der Waals surface area contributed by atoms with Crippen molar-refractivity contribution in [2.45, 2.75) is 31.4 Å². The molecule has 102 valence electrons. The minimum Gasteiger partial charge on any atom is -0.386 e. The molecular weight excluding hydrogens is 280 g/mol. The topological polar surface area (TPSA) is 38.0 Å². The van der Waals surface area contributed by atoms with Crippen molar-refractivity contribution in [3.8, 4) is 0 Å². The van der Waals surface area contributed by atoms with Gasteiger partial charge in [0.05, 0.1) is 16.9 Å². The van der Waals surface area contributed by atoms with E-state index in [2.05, 4.69) is 24.2 Å². The number of aliphatic hydroxyl groups excluding tert-OH is 1. The van der Waals surface area contributed by atoms with Crippen LogP contribution in [0.3, 0.4) is 0 Å². The molecule has 1 heterocycles. The largest absolute Gasteiger partial charge is 0.386 e. The Morgan fingerprint density at radius 1 is 1.47 bits per heavy atom. The summed E-state index contributed by atoms with van der Waals surface area (Å²) in [6, 6.07) is 8.23. The van der Waals surface area contributed by atoms with Gasteiger partial charge in [0.1, 0.15) is 6.10 Å². The standard InChI is InChI=1S/C14H17ClN2OS/c1-3-17-14(12(15)8-16-17)13(18)9-19-11-6-4-5-10(2)7-11/h4-8,13,18H,3,9H2,1-2H3. The van der Waals surface area contributed by atoms with Crippen molar-refractivity contribution < 1.29 is 5.11 Å². The number of rotatable bonds is 5. The Balaban J connectivity index is 2.05. The minimum atomic E-state index is -0.611. The molecule has 0 bridgehead atoms. The lowest BCUT2D eigenvalue weighted by molar-refractivity contribution is 0.192. The van der Waals surface area contributed by atoms with Crippen LogP contribution in [0.5, 0.6) is 0 Å². The molecule has 2 rings (SSSR count). The third kappa shape index (κ3) is 3.53. The molecule has 1 aromatic carbocycles. The summed E-state index contributed by atoms with van der Waals surface area (Å²) in [5.74, 6) is 0.564. The zero-order valence-electron chi connectivity index (χ0n) is 11.0. The number of halogens is 1. The van der Waals surface area contributed by atoms with Crippen LogP contribution in [0.2, 0.25) is 5.02 Å². The van der Waals surface area contributed by atoms with Crippen LogP contribution in [0.1, 0.15) is 24.3 Å². The Labute approximate surface area is 122 Å². The van der Waals surface area contributed by atoms with E-state index in [1.807, 2.05) is 19.1 Å². The van der Waals surface area contributed by atoms with Crippen LogP contribution in [0.4, 0.5) is 0 Å². The molecular formula is C14H17ClN2OS. The molecule has 2 aromatic rings. The first-order valence-electron chi connectivity index (χ1n) is 6.20. The Morgan fingerprint density at radius 3 is 2.95 bits per heavy atom. The van der Waals surface area contributed by atoms with Gasteiger partial charge in [0.25, 0.3) is 0 Å². The highest BCUT2D eigenvalue weighted by Gasteiger charge is 2.17. The van der Waals surface area contributed by atoms with Crippen molar-refractivity contribution in [1.82, 2.24) is 9.78 Å². The van der Waals surface area contributed by atoms with Crippen molar-refractivity contribution >= 4 is 23.4 Å². The van der Waals surface area contributed by atoms with Crippen LogP contribution in [-0.4, -0.2) is 20.6 Å². The molecule has 0 radical (unpaired) electrons. The summed E-state index contributed by atoms with van der Waals surface area (Å²) in [6.45, 7) is 4.74. The summed E-state index contributed by atoms with van der Waals surface area (Å²) in [5, 5.41) is 14.9. The summed E-state index contributed by atoms with van der Waals surface area (Å²) < 4.78 is 1.74. The zero-order valence-corrected chi connectivity index (χ0v) is 12.6. The van der Waals surface area contributed by atoms with Crippen molar-refractivity contribution in [3.05, 3.63) is 46.7 Å². The molecule has 1 unspecified atom stereocenters. The first-order chi connectivity index (χ1) is 9.11. The summed E-state index contributed by atoms with van der Waals surface area (Å²) in [5.41, 5.74) is 1.92. The monoisotopic (exact) mass is 296 g/mol. The van der Waals surface area contributed by atoms with Crippen molar-refractivity contribution in [1.29, 1.82) is 0 Å². The van der Waals surface area contributed by atoms with Crippen molar-refractivity contribution in [2.75, 3.05) is 5.75 Å². The lowest BCUT2D eigenvalue weighted by atomic mass is 10.2. The molecule has 0 saturated carbocycles. The number of aryl methyl sites for hydroxylation is 2. The van der Waals surface area contributed by atoms with Gasteiger partial charge in [-0.15, -0.1) is 11.8 Å². The molecule has 5 heteroatoms. The highest BCUT2D eigenvalue weighted by molar-refractivity contribution is 7.99. The van der Waals surface area contributed by atoms with E-state index in [1.165, 1.54) is 5.56 Å². The second-order valence-corrected chi connectivity index (χ2v) is 5.84. The Morgan fingerprint density at radius 2 is 2.26 bits per heavy atom. The average molecular weight is 297 g/mol. The molecule has 1 atom stereocenters. The van der Waals surface area contributed by atoms with Gasteiger partial charge in [0.15, 0.2) is 0 Å². The number of hydrogen-bond donors (Lipinski definition) is 1. The predicted molar refractivity (Wildman–Crippen MR) is 79.8 cm³/mol. The molecule has 0 amide bonds. The zero-order chi connectivity index (χ0) is 13.8. The molecule has 19 heavy (non-hydrogen) atoms. The van der Waals surface area contributed by atoms with Crippen LogP contribution in [-0.2, 0) is 6.54 Å². The summed E-state index contributed by atoms with van der Waals surface area (Å²) in [4.78, 5) is 1.15. The molecule has 0 aliphatic rings. The van der Waals surface area contributed by atoms with Crippen LogP contribution in [0, 0.1) is 6.92 Å². The van der Waals surface area contributed by atoms with Crippen LogP contribution >= 0.6 is 23.4 Å². The molecule has 1 N–H and O–H groups in total. The van der Waals surface area contributed by atoms with Gasteiger partial charge in [-0.3, -0.25) is 4.68 Å². The van der Waals surface area contributed by atoms with Gasteiger partial charge in [0.2, 0.25) is 0 Å². The van der Waals surface area contributed by atoms with Gasteiger partial charge in [-0.1, -0.05) is 29.3 Å². The van der Waals surface area contributed by atoms with Gasteiger partial charge >= 0.3 is 0 Å². The predicted octanol–water partition coefficient (Wildman–Crippen LogP) is 3.69. The number of nitrogens with zero attached hydrogens (tertiary/aromatic N) is 2. The number of aromatic nitrogens is 2. The fraction of sp³-hybridized carbons (Fsp3) is 0.357. The molecule has 1 aromatic heterocycles. The van der Waals surface area contributed by atoms with Crippen LogP contribution < -0.4 is 0 Å². The quantitative estimate of drug-likeness (QED) is 0.855. The van der Waals surface area contributed by atoms with E-state index >= 15 is 0 Å². The highest BCUT2D eigenvalue weighted by atomic mass is 35.5. The van der Waals surface area contributed by atoms with E-state index < -0.39 is 6.10 Å². The minimum absolute atomic E-state index is 0.527. The number of thioether (sulfide) groups is 1. The van der Waals surface area contributed by atoms with E-state index in [0.717, 1.165) is 4.90 Å². The second kappa shape index (κ2) is 6.46. The van der Waals surface area contributed by atoms with E-state index in [1.54, 1.807) is 22.6 Å². The van der Waals surface area contributed by atoms with E-state index in [0.29, 0.717) is 23.0 Å². The average Bonchev–Trinajstić information content (AvgIpc) is 2.77.